The highest BCUT2D eigenvalue weighted by atomic mass is 16.5. The molecule has 0 bridgehead atoms. The van der Waals surface area contributed by atoms with Crippen molar-refractivity contribution in [2.24, 2.45) is 4.99 Å². The van der Waals surface area contributed by atoms with Gasteiger partial charge in [0.15, 0.2) is 5.96 Å². The van der Waals surface area contributed by atoms with Gasteiger partial charge < -0.3 is 25.0 Å². The lowest BCUT2D eigenvalue weighted by Crippen LogP contribution is -2.43. The Balaban J connectivity index is 1.90. The van der Waals surface area contributed by atoms with Crippen LogP contribution in [0.5, 0.6) is 5.75 Å². The van der Waals surface area contributed by atoms with Crippen LogP contribution in [0.1, 0.15) is 30.4 Å². The molecule has 1 amide bonds. The van der Waals surface area contributed by atoms with Gasteiger partial charge in [-0.3, -0.25) is 4.79 Å². The van der Waals surface area contributed by atoms with Crippen LogP contribution < -0.4 is 15.4 Å². The number of rotatable bonds is 8. The van der Waals surface area contributed by atoms with Crippen LogP contribution in [0.15, 0.2) is 23.2 Å². The van der Waals surface area contributed by atoms with E-state index in [1.54, 1.807) is 26.1 Å². The number of aryl methyl sites for hydroxylation is 1. The van der Waals surface area contributed by atoms with Gasteiger partial charge in [-0.2, -0.15) is 0 Å². The first kappa shape index (κ1) is 22.0. The fraction of sp³-hybridized carbons (Fsp3) is 0.619. The molecule has 2 rings (SSSR count). The predicted octanol–water partition coefficient (Wildman–Crippen LogP) is 1.74. The number of aliphatic imine (C=N–C) groups is 1. The van der Waals surface area contributed by atoms with Gasteiger partial charge in [0.2, 0.25) is 5.91 Å². The van der Waals surface area contributed by atoms with Gasteiger partial charge in [0, 0.05) is 33.8 Å². The van der Waals surface area contributed by atoms with E-state index < -0.39 is 0 Å². The van der Waals surface area contributed by atoms with Gasteiger partial charge in [0.1, 0.15) is 12.3 Å². The van der Waals surface area contributed by atoms with E-state index in [0.717, 1.165) is 37.2 Å². The Morgan fingerprint density at radius 2 is 2.14 bits per heavy atom. The molecule has 1 fully saturated rings. The van der Waals surface area contributed by atoms with Crippen LogP contribution in [0.25, 0.3) is 0 Å². The Bertz CT molecular complexity index is 655. The Kier molecular flexibility index (Phi) is 9.07. The number of amides is 1. The minimum absolute atomic E-state index is 0.0294. The third kappa shape index (κ3) is 7.38. The van der Waals surface area contributed by atoms with Gasteiger partial charge in [-0.05, 0) is 49.8 Å². The molecule has 1 saturated heterocycles. The maximum Gasteiger partial charge on any atom is 0.243 e. The lowest BCUT2D eigenvalue weighted by atomic mass is 10.1. The zero-order valence-electron chi connectivity index (χ0n) is 17.6. The normalized spacial score (nSPS) is 17.1. The first-order chi connectivity index (χ1) is 13.5. The molecule has 1 aliphatic rings. The number of carbonyl (C=O) groups excluding carboxylic acids is 1. The molecule has 1 heterocycles. The van der Waals surface area contributed by atoms with Crippen molar-refractivity contribution >= 4 is 11.9 Å². The molecule has 1 unspecified atom stereocenters. The molecule has 0 radical (unpaired) electrons. The van der Waals surface area contributed by atoms with E-state index in [9.17, 15) is 4.79 Å². The summed E-state index contributed by atoms with van der Waals surface area (Å²) in [6.07, 6.45) is 4.42. The van der Waals surface area contributed by atoms with Crippen LogP contribution in [0.4, 0.5) is 0 Å². The van der Waals surface area contributed by atoms with E-state index in [-0.39, 0.29) is 18.6 Å². The van der Waals surface area contributed by atoms with Gasteiger partial charge in [-0.15, -0.1) is 0 Å². The van der Waals surface area contributed by atoms with Crippen LogP contribution in [0, 0.1) is 6.92 Å². The average Bonchev–Trinajstić information content (AvgIpc) is 2.71. The number of guanidine groups is 1. The molecule has 1 aromatic rings. The minimum atomic E-state index is -0.0294. The molecule has 0 aromatic heterocycles. The summed E-state index contributed by atoms with van der Waals surface area (Å²) in [6, 6.07) is 6.24. The third-order valence-electron chi connectivity index (χ3n) is 4.82. The minimum Gasteiger partial charge on any atom is -0.496 e. The summed E-state index contributed by atoms with van der Waals surface area (Å²) in [5.41, 5.74) is 2.31. The van der Waals surface area contributed by atoms with Crippen molar-refractivity contribution in [3.05, 3.63) is 29.3 Å². The number of methoxy groups -OCH3 is 1. The van der Waals surface area contributed by atoms with E-state index in [0.29, 0.717) is 19.0 Å². The van der Waals surface area contributed by atoms with Crippen LogP contribution in [0.2, 0.25) is 0 Å². The lowest BCUT2D eigenvalue weighted by Gasteiger charge is -2.24. The molecule has 7 heteroatoms. The highest BCUT2D eigenvalue weighted by Crippen LogP contribution is 2.19. The first-order valence-corrected chi connectivity index (χ1v) is 9.97. The van der Waals surface area contributed by atoms with E-state index in [1.807, 2.05) is 6.92 Å². The van der Waals surface area contributed by atoms with Gasteiger partial charge in [0.25, 0.3) is 0 Å². The molecule has 2 N–H and O–H groups in total. The number of nitrogens with one attached hydrogen (secondary N) is 2. The summed E-state index contributed by atoms with van der Waals surface area (Å²) in [4.78, 5) is 17.9. The second-order valence-corrected chi connectivity index (χ2v) is 7.30. The lowest BCUT2D eigenvalue weighted by molar-refractivity contribution is -0.127. The fourth-order valence-electron chi connectivity index (χ4n) is 2.99. The molecule has 1 aliphatic heterocycles. The zero-order valence-corrected chi connectivity index (χ0v) is 17.6. The molecule has 1 aromatic carbocycles. The van der Waals surface area contributed by atoms with Gasteiger partial charge in [-0.1, -0.05) is 12.1 Å². The molecule has 156 valence electrons. The van der Waals surface area contributed by atoms with Gasteiger partial charge in [-0.25, -0.2) is 4.99 Å². The number of hydrogen-bond acceptors (Lipinski definition) is 4. The molecule has 0 saturated carbocycles. The summed E-state index contributed by atoms with van der Waals surface area (Å²) < 4.78 is 11.2. The number of likely N-dealkylation sites (N-methyl/N-ethyl adjacent to an activating group) is 1. The summed E-state index contributed by atoms with van der Waals surface area (Å²) in [6.45, 7) is 4.37. The molecule has 1 atom stereocenters. The Hall–Kier alpha value is -2.28. The fourth-order valence-corrected chi connectivity index (χ4v) is 2.99. The smallest absolute Gasteiger partial charge is 0.243 e. The SMILES string of the molecule is COc1cc(CCNC(=NCC(=O)N(C)C)NCC2CCCCO2)ccc1C. The van der Waals surface area contributed by atoms with Crippen molar-refractivity contribution < 1.29 is 14.3 Å². The maximum absolute atomic E-state index is 11.9. The Morgan fingerprint density at radius 3 is 2.82 bits per heavy atom. The van der Waals surface area contributed by atoms with Crippen molar-refractivity contribution in [3.63, 3.8) is 0 Å². The predicted molar refractivity (Wildman–Crippen MR) is 112 cm³/mol. The topological polar surface area (TPSA) is 75.2 Å². The van der Waals surface area contributed by atoms with Crippen LogP contribution >= 0.6 is 0 Å². The zero-order chi connectivity index (χ0) is 20.4. The second kappa shape index (κ2) is 11.5. The quantitative estimate of drug-likeness (QED) is 0.522. The maximum atomic E-state index is 11.9. The number of benzene rings is 1. The van der Waals surface area contributed by atoms with Gasteiger partial charge >= 0.3 is 0 Å². The van der Waals surface area contributed by atoms with Crippen molar-refractivity contribution in [3.8, 4) is 5.75 Å². The summed E-state index contributed by atoms with van der Waals surface area (Å²) in [7, 11) is 5.16. The number of nitrogens with zero attached hydrogens (tertiary/aromatic N) is 2. The molecule has 28 heavy (non-hydrogen) atoms. The molecule has 0 spiro atoms. The van der Waals surface area contributed by atoms with E-state index in [2.05, 4.69) is 33.8 Å². The highest BCUT2D eigenvalue weighted by Gasteiger charge is 2.14. The second-order valence-electron chi connectivity index (χ2n) is 7.30. The molecule has 7 nitrogen and oxygen atoms in total. The molecule has 0 aliphatic carbocycles. The van der Waals surface area contributed by atoms with Crippen molar-refractivity contribution in [2.45, 2.75) is 38.7 Å². The van der Waals surface area contributed by atoms with Crippen molar-refractivity contribution in [1.29, 1.82) is 0 Å². The summed E-state index contributed by atoms with van der Waals surface area (Å²) in [5.74, 6) is 1.51. The number of carbonyl (C=O) groups is 1. The average molecular weight is 391 g/mol. The van der Waals surface area contributed by atoms with Crippen LogP contribution in [0.3, 0.4) is 0 Å². The van der Waals surface area contributed by atoms with Crippen molar-refractivity contribution in [1.82, 2.24) is 15.5 Å². The summed E-state index contributed by atoms with van der Waals surface area (Å²) in [5, 5.41) is 6.65. The van der Waals surface area contributed by atoms with Crippen molar-refractivity contribution in [2.75, 3.05) is 47.4 Å². The Labute approximate surface area is 168 Å². The Morgan fingerprint density at radius 1 is 1.32 bits per heavy atom. The van der Waals surface area contributed by atoms with Crippen LogP contribution in [-0.4, -0.2) is 70.3 Å². The van der Waals surface area contributed by atoms with Gasteiger partial charge in [0.05, 0.1) is 13.2 Å². The number of ether oxygens (including phenoxy) is 2. The highest BCUT2D eigenvalue weighted by molar-refractivity contribution is 5.84. The van der Waals surface area contributed by atoms with E-state index >= 15 is 0 Å². The first-order valence-electron chi connectivity index (χ1n) is 9.97. The van der Waals surface area contributed by atoms with E-state index in [1.165, 1.54) is 12.0 Å². The molecular formula is C21H34N4O3. The molecular weight excluding hydrogens is 356 g/mol. The third-order valence-corrected chi connectivity index (χ3v) is 4.82. The largest absolute Gasteiger partial charge is 0.496 e. The van der Waals surface area contributed by atoms with E-state index in [4.69, 9.17) is 9.47 Å². The summed E-state index contributed by atoms with van der Waals surface area (Å²) >= 11 is 0. The number of hydrogen-bond donors (Lipinski definition) is 2. The monoisotopic (exact) mass is 390 g/mol. The standard InChI is InChI=1S/C21H34N4O3/c1-16-8-9-17(13-19(16)27-4)10-11-22-21(24-15-20(26)25(2)3)23-14-18-7-5-6-12-28-18/h8-9,13,18H,5-7,10-12,14-15H2,1-4H3,(H2,22,23,24). The van der Waals surface area contributed by atoms with Crippen LogP contribution in [-0.2, 0) is 16.0 Å².